The van der Waals surface area contributed by atoms with Crippen LogP contribution in [0.25, 0.3) is 0 Å². The van der Waals surface area contributed by atoms with Crippen molar-refractivity contribution in [3.63, 3.8) is 0 Å². The second kappa shape index (κ2) is 3.70. The number of nitrogens with zero attached hydrogens (tertiary/aromatic N) is 1. The van der Waals surface area contributed by atoms with Crippen molar-refractivity contribution in [2.45, 2.75) is 0 Å². The summed E-state index contributed by atoms with van der Waals surface area (Å²) in [7, 11) is -4.50. The first kappa shape index (κ1) is 9.92. The quantitative estimate of drug-likeness (QED) is 0.288. The summed E-state index contributed by atoms with van der Waals surface area (Å²) in [6, 6.07) is 7.78. The van der Waals surface area contributed by atoms with Crippen molar-refractivity contribution in [3.05, 3.63) is 35.9 Å². The van der Waals surface area contributed by atoms with Gasteiger partial charge in [0.15, 0.2) is 5.45 Å². The lowest BCUT2D eigenvalue weighted by atomic mass is 10.2. The van der Waals surface area contributed by atoms with Crippen molar-refractivity contribution in [2.75, 3.05) is 0 Å². The van der Waals surface area contributed by atoms with Crippen LogP contribution in [0.15, 0.2) is 35.5 Å². The van der Waals surface area contributed by atoms with Gasteiger partial charge in [-0.2, -0.15) is 0 Å². The van der Waals surface area contributed by atoms with Crippen molar-refractivity contribution in [2.24, 2.45) is 5.16 Å². The highest BCUT2D eigenvalue weighted by Crippen LogP contribution is 2.39. The van der Waals surface area contributed by atoms with Gasteiger partial charge in [0.25, 0.3) is 0 Å². The van der Waals surface area contributed by atoms with E-state index in [4.69, 9.17) is 15.0 Å². The Labute approximate surface area is 74.5 Å². The molecular weight excluding hydrogens is 193 g/mol. The Bertz CT molecular complexity index is 356. The van der Waals surface area contributed by atoms with Gasteiger partial charge < -0.3 is 15.0 Å². The Morgan fingerprint density at radius 2 is 1.77 bits per heavy atom. The van der Waals surface area contributed by atoms with Crippen LogP contribution in [-0.4, -0.2) is 20.4 Å². The molecule has 70 valence electrons. The minimum atomic E-state index is -4.50. The highest BCUT2D eigenvalue weighted by atomic mass is 31.2. The summed E-state index contributed by atoms with van der Waals surface area (Å²) in [6.45, 7) is 0. The molecule has 6 heteroatoms. The fourth-order valence-corrected chi connectivity index (χ4v) is 1.47. The largest absolute Gasteiger partial charge is 0.410 e. The molecule has 0 fully saturated rings. The number of rotatable bonds is 2. The molecule has 0 aromatic heterocycles. The molecule has 0 atom stereocenters. The van der Waals surface area contributed by atoms with Gasteiger partial charge in [-0.15, -0.1) is 0 Å². The Morgan fingerprint density at radius 1 is 1.23 bits per heavy atom. The van der Waals surface area contributed by atoms with Crippen LogP contribution in [0.2, 0.25) is 0 Å². The van der Waals surface area contributed by atoms with Crippen LogP contribution < -0.4 is 0 Å². The van der Waals surface area contributed by atoms with Gasteiger partial charge in [-0.05, 0) is 0 Å². The molecule has 13 heavy (non-hydrogen) atoms. The van der Waals surface area contributed by atoms with E-state index in [2.05, 4.69) is 5.16 Å². The second-order valence-corrected chi connectivity index (χ2v) is 3.85. The lowest BCUT2D eigenvalue weighted by Gasteiger charge is -2.04. The van der Waals surface area contributed by atoms with E-state index in [-0.39, 0.29) is 5.56 Å². The van der Waals surface area contributed by atoms with Gasteiger partial charge in [-0.3, -0.25) is 4.57 Å². The van der Waals surface area contributed by atoms with Gasteiger partial charge >= 0.3 is 7.60 Å². The smallest absolute Gasteiger partial charge is 0.378 e. The standard InChI is InChI=1S/C7H8NO4P/c9-8-7(13(10,11)12)6-4-2-1-3-5-6/h1-5,9H,(H2,10,11,12)/b8-7-. The number of oxime groups is 1. The third kappa shape index (κ3) is 2.39. The summed E-state index contributed by atoms with van der Waals surface area (Å²) >= 11 is 0. The Morgan fingerprint density at radius 3 is 2.15 bits per heavy atom. The first-order valence-electron chi connectivity index (χ1n) is 3.39. The predicted octanol–water partition coefficient (Wildman–Crippen LogP) is 1.00. The summed E-state index contributed by atoms with van der Waals surface area (Å²) in [5, 5.41) is 11.0. The van der Waals surface area contributed by atoms with Crippen LogP contribution in [-0.2, 0) is 4.57 Å². The Hall–Kier alpha value is -1.16. The van der Waals surface area contributed by atoms with Crippen molar-refractivity contribution in [1.29, 1.82) is 0 Å². The zero-order valence-corrected chi connectivity index (χ0v) is 7.43. The average molecular weight is 201 g/mol. The Kier molecular flexibility index (Phi) is 2.83. The summed E-state index contributed by atoms with van der Waals surface area (Å²) < 4.78 is 10.8. The van der Waals surface area contributed by atoms with Crippen LogP contribution in [0.3, 0.4) is 0 Å². The normalized spacial score (nSPS) is 12.9. The molecule has 0 unspecified atom stereocenters. The minimum Gasteiger partial charge on any atom is -0.410 e. The summed E-state index contributed by atoms with van der Waals surface area (Å²) in [6.07, 6.45) is 0. The first-order valence-corrected chi connectivity index (χ1v) is 5.00. The monoisotopic (exact) mass is 201 g/mol. The number of hydrogen-bond acceptors (Lipinski definition) is 3. The van der Waals surface area contributed by atoms with Gasteiger partial charge in [0.2, 0.25) is 0 Å². The van der Waals surface area contributed by atoms with Crippen molar-refractivity contribution in [1.82, 2.24) is 0 Å². The number of hydrogen-bond donors (Lipinski definition) is 3. The molecule has 3 N–H and O–H groups in total. The van der Waals surface area contributed by atoms with E-state index >= 15 is 0 Å². The van der Waals surface area contributed by atoms with Crippen LogP contribution in [0.5, 0.6) is 0 Å². The maximum absolute atomic E-state index is 10.8. The van der Waals surface area contributed by atoms with E-state index in [9.17, 15) is 4.57 Å². The second-order valence-electron chi connectivity index (χ2n) is 2.33. The van der Waals surface area contributed by atoms with Crippen molar-refractivity contribution < 1.29 is 19.6 Å². The zero-order valence-electron chi connectivity index (χ0n) is 6.53. The summed E-state index contributed by atoms with van der Waals surface area (Å²) in [4.78, 5) is 17.5. The molecule has 0 aliphatic rings. The lowest BCUT2D eigenvalue weighted by molar-refractivity contribution is 0.317. The van der Waals surface area contributed by atoms with Gasteiger partial charge in [-0.25, -0.2) is 0 Å². The number of benzene rings is 1. The van der Waals surface area contributed by atoms with Crippen LogP contribution in [0.1, 0.15) is 5.56 Å². The van der Waals surface area contributed by atoms with Crippen molar-refractivity contribution in [3.8, 4) is 0 Å². The van der Waals surface area contributed by atoms with E-state index in [1.165, 1.54) is 12.1 Å². The highest BCUT2D eigenvalue weighted by molar-refractivity contribution is 7.71. The zero-order chi connectivity index (χ0) is 9.90. The van der Waals surface area contributed by atoms with Gasteiger partial charge in [0, 0.05) is 5.56 Å². The van der Waals surface area contributed by atoms with E-state index < -0.39 is 13.0 Å². The highest BCUT2D eigenvalue weighted by Gasteiger charge is 2.25. The fraction of sp³-hybridized carbons (Fsp3) is 0. The molecule has 0 spiro atoms. The SMILES string of the molecule is O=P(O)(O)/C(=N\O)c1ccccc1. The van der Waals surface area contributed by atoms with E-state index in [1.54, 1.807) is 18.2 Å². The van der Waals surface area contributed by atoms with Gasteiger partial charge in [0.05, 0.1) is 0 Å². The van der Waals surface area contributed by atoms with Crippen LogP contribution in [0, 0.1) is 0 Å². The maximum Gasteiger partial charge on any atom is 0.378 e. The molecule has 1 rings (SSSR count). The molecule has 5 nitrogen and oxygen atoms in total. The molecule has 0 bridgehead atoms. The third-order valence-electron chi connectivity index (χ3n) is 1.40. The molecule has 1 aromatic carbocycles. The van der Waals surface area contributed by atoms with Gasteiger partial charge in [0.1, 0.15) is 0 Å². The first-order chi connectivity index (χ1) is 6.05. The molecule has 0 saturated carbocycles. The molecule has 0 radical (unpaired) electrons. The predicted molar refractivity (Wildman–Crippen MR) is 46.8 cm³/mol. The molecule has 0 amide bonds. The molecular formula is C7H8NO4P. The molecule has 0 aliphatic heterocycles. The van der Waals surface area contributed by atoms with E-state index in [0.717, 1.165) is 0 Å². The van der Waals surface area contributed by atoms with Crippen LogP contribution >= 0.6 is 7.60 Å². The summed E-state index contributed by atoms with van der Waals surface area (Å²) in [5.41, 5.74) is -0.411. The molecule has 0 aliphatic carbocycles. The van der Waals surface area contributed by atoms with E-state index in [1.807, 2.05) is 0 Å². The molecule has 0 saturated heterocycles. The summed E-state index contributed by atoms with van der Waals surface area (Å²) in [5.74, 6) is 0. The third-order valence-corrected chi connectivity index (χ3v) is 2.30. The minimum absolute atomic E-state index is 0.207. The topological polar surface area (TPSA) is 90.1 Å². The van der Waals surface area contributed by atoms with Gasteiger partial charge in [-0.1, -0.05) is 35.5 Å². The average Bonchev–Trinajstić information content (AvgIpc) is 2.05. The Balaban J connectivity index is 3.15. The van der Waals surface area contributed by atoms with Crippen LogP contribution in [0.4, 0.5) is 0 Å². The fourth-order valence-electron chi connectivity index (χ4n) is 0.871. The molecule has 0 heterocycles. The van der Waals surface area contributed by atoms with Crippen molar-refractivity contribution >= 4 is 13.0 Å². The molecule has 1 aromatic rings. The maximum atomic E-state index is 10.8. The lowest BCUT2D eigenvalue weighted by Crippen LogP contribution is -2.01. The van der Waals surface area contributed by atoms with E-state index in [0.29, 0.717) is 0 Å².